The number of rotatable bonds is 8. The number of nitrogens with one attached hydrogen (secondary N) is 1. The number of benzene rings is 2. The fraction of sp³-hybridized carbons (Fsp3) is 0.452. The van der Waals surface area contributed by atoms with Crippen LogP contribution >= 0.6 is 0 Å². The van der Waals surface area contributed by atoms with Crippen LogP contribution in [0.3, 0.4) is 0 Å². The Labute approximate surface area is 251 Å². The highest BCUT2D eigenvalue weighted by molar-refractivity contribution is 7.92. The van der Waals surface area contributed by atoms with Gasteiger partial charge in [0.2, 0.25) is 15.8 Å². The molecule has 0 fully saturated rings. The topological polar surface area (TPSA) is 142 Å². The molecule has 3 aliphatic rings. The van der Waals surface area contributed by atoms with E-state index in [1.165, 1.54) is 33.7 Å². The minimum atomic E-state index is -3.65. The van der Waals surface area contributed by atoms with E-state index >= 15 is 0 Å². The maximum atomic E-state index is 12.6. The highest BCUT2D eigenvalue weighted by Gasteiger charge is 2.35. The summed E-state index contributed by atoms with van der Waals surface area (Å²) in [5, 5.41) is 19.1. The number of sulfonamides is 1. The average molecular weight is 604 g/mol. The maximum Gasteiger partial charge on any atom is 0.335 e. The Morgan fingerprint density at radius 2 is 1.77 bits per heavy atom. The van der Waals surface area contributed by atoms with Gasteiger partial charge in [0.25, 0.3) is 0 Å². The number of carboxylic acid groups (broad SMARTS) is 1. The van der Waals surface area contributed by atoms with Crippen molar-refractivity contribution in [1.29, 1.82) is 0 Å². The number of hydrogen-bond acceptors (Lipinski definition) is 8. The predicted octanol–water partition coefficient (Wildman–Crippen LogP) is 5.27. The van der Waals surface area contributed by atoms with Gasteiger partial charge < -0.3 is 10.0 Å². The molecule has 3 aromatic rings. The van der Waals surface area contributed by atoms with Gasteiger partial charge >= 0.3 is 5.97 Å². The molecule has 4 heterocycles. The summed E-state index contributed by atoms with van der Waals surface area (Å²) in [5.41, 5.74) is 6.36. The van der Waals surface area contributed by atoms with Gasteiger partial charge in [-0.15, -0.1) is 9.89 Å². The van der Waals surface area contributed by atoms with Crippen molar-refractivity contribution in [2.75, 3.05) is 28.5 Å². The Morgan fingerprint density at radius 1 is 1.07 bits per heavy atom. The molecular weight excluding hydrogens is 566 g/mol. The zero-order chi connectivity index (χ0) is 30.5. The summed E-state index contributed by atoms with van der Waals surface area (Å²) >= 11 is 0. The van der Waals surface area contributed by atoms with Gasteiger partial charge in [-0.05, 0) is 73.6 Å². The minimum absolute atomic E-state index is 0.0558. The third kappa shape index (κ3) is 5.80. The van der Waals surface area contributed by atoms with Gasteiger partial charge in [0.05, 0.1) is 28.4 Å². The second-order valence-electron chi connectivity index (χ2n) is 12.5. The van der Waals surface area contributed by atoms with Crippen LogP contribution in [0.15, 0.2) is 40.4 Å². The lowest BCUT2D eigenvalue weighted by Gasteiger charge is -2.37. The van der Waals surface area contributed by atoms with E-state index in [0.29, 0.717) is 23.5 Å². The number of aliphatic imine (C=N–C) groups is 1. The molecule has 0 unspecified atom stereocenters. The Bertz CT molecular complexity index is 1750. The molecule has 11 nitrogen and oxygen atoms in total. The van der Waals surface area contributed by atoms with E-state index in [-0.39, 0.29) is 28.2 Å². The molecular formula is C31H37N7O4S. The van der Waals surface area contributed by atoms with Crippen molar-refractivity contribution in [2.24, 2.45) is 15.5 Å². The summed E-state index contributed by atoms with van der Waals surface area (Å²) < 4.78 is 27.7. The fourth-order valence-electron chi connectivity index (χ4n) is 5.98. The maximum absolute atomic E-state index is 12.6. The lowest BCUT2D eigenvalue weighted by Crippen LogP contribution is -2.34. The van der Waals surface area contributed by atoms with Crippen LogP contribution in [-0.4, -0.2) is 64.6 Å². The average Bonchev–Trinajstić information content (AvgIpc) is 3.51. The molecule has 0 saturated carbocycles. The molecule has 2 aromatic carbocycles. The first-order chi connectivity index (χ1) is 20.4. The molecule has 43 heavy (non-hydrogen) atoms. The van der Waals surface area contributed by atoms with Crippen LogP contribution in [0.2, 0.25) is 0 Å². The molecule has 0 aliphatic carbocycles. The number of carboxylic acids is 1. The molecule has 2 N–H and O–H groups in total. The molecule has 6 rings (SSSR count). The second kappa shape index (κ2) is 10.9. The summed E-state index contributed by atoms with van der Waals surface area (Å²) in [5.74, 6) is -0.557. The van der Waals surface area contributed by atoms with Crippen LogP contribution in [0.5, 0.6) is 0 Å². The largest absolute Gasteiger partial charge is 0.478 e. The fourth-order valence-corrected chi connectivity index (χ4v) is 7.23. The zero-order valence-corrected chi connectivity index (χ0v) is 25.8. The van der Waals surface area contributed by atoms with Crippen LogP contribution in [0, 0.1) is 5.41 Å². The molecule has 0 amide bonds. The summed E-state index contributed by atoms with van der Waals surface area (Å²) in [4.78, 5) is 25.8. The van der Waals surface area contributed by atoms with Crippen molar-refractivity contribution in [2.45, 2.75) is 66.2 Å². The van der Waals surface area contributed by atoms with Gasteiger partial charge in [-0.25, -0.2) is 23.2 Å². The lowest BCUT2D eigenvalue weighted by atomic mass is 9.87. The highest BCUT2D eigenvalue weighted by atomic mass is 32.2. The first kappa shape index (κ1) is 29.0. The molecule has 0 saturated heterocycles. The van der Waals surface area contributed by atoms with Crippen LogP contribution in [0.25, 0.3) is 11.4 Å². The van der Waals surface area contributed by atoms with Crippen molar-refractivity contribution in [3.8, 4) is 11.4 Å². The first-order valence-electron chi connectivity index (χ1n) is 14.9. The quantitative estimate of drug-likeness (QED) is 0.357. The second-order valence-corrected chi connectivity index (χ2v) is 14.3. The van der Waals surface area contributed by atoms with E-state index in [0.717, 1.165) is 56.6 Å². The number of aromatic carboxylic acids is 1. The smallest absolute Gasteiger partial charge is 0.335 e. The van der Waals surface area contributed by atoms with Gasteiger partial charge in [0.1, 0.15) is 5.71 Å². The van der Waals surface area contributed by atoms with Crippen LogP contribution < -0.4 is 9.62 Å². The zero-order valence-electron chi connectivity index (χ0n) is 25.0. The SMILES string of the molecule is CCCCS(=O)(=O)Nc1cc(C(=O)O)cc(-c2nc3n(n2)N=C(C(C)(C)C)/C3=N/c2cc3c4c(c2)CCCN4CCC3)c1. The Kier molecular flexibility index (Phi) is 7.35. The number of carbonyl (C=O) groups is 1. The monoisotopic (exact) mass is 603 g/mol. The molecule has 1 aromatic heterocycles. The van der Waals surface area contributed by atoms with E-state index in [1.54, 1.807) is 6.07 Å². The number of anilines is 2. The van der Waals surface area contributed by atoms with E-state index in [1.807, 2.05) is 6.92 Å². The molecule has 3 aliphatic heterocycles. The standard InChI is InChI=1S/C31H37N7O4S/c1-5-6-13-43(41,42)36-24-17-21(14-22(18-24)30(39)40)28-33-29-25(27(31(2,3)4)34-38(29)35-28)32-23-15-19-9-7-11-37-12-8-10-20(16-23)26(19)37/h14-18,36H,5-13H2,1-4H3,(H,39,40)/b32-25-. The number of aromatic nitrogens is 3. The van der Waals surface area contributed by atoms with Crippen molar-refractivity contribution < 1.29 is 18.3 Å². The van der Waals surface area contributed by atoms with Crippen molar-refractivity contribution >= 4 is 44.5 Å². The normalized spacial score (nSPS) is 17.1. The van der Waals surface area contributed by atoms with Gasteiger partial charge in [-0.2, -0.15) is 5.10 Å². The Balaban J connectivity index is 1.42. The minimum Gasteiger partial charge on any atom is -0.478 e. The van der Waals surface area contributed by atoms with Crippen LogP contribution in [-0.2, 0) is 22.9 Å². The number of nitrogens with zero attached hydrogens (tertiary/aromatic N) is 6. The predicted molar refractivity (Wildman–Crippen MR) is 169 cm³/mol. The molecule has 0 radical (unpaired) electrons. The van der Waals surface area contributed by atoms with Gasteiger partial charge in [0.15, 0.2) is 5.82 Å². The molecule has 0 atom stereocenters. The van der Waals surface area contributed by atoms with Gasteiger partial charge in [-0.1, -0.05) is 34.1 Å². The summed E-state index contributed by atoms with van der Waals surface area (Å²) in [6.07, 6.45) is 5.54. The van der Waals surface area contributed by atoms with Crippen molar-refractivity contribution in [3.05, 3.63) is 52.8 Å². The van der Waals surface area contributed by atoms with E-state index in [4.69, 9.17) is 15.1 Å². The Morgan fingerprint density at radius 3 is 2.40 bits per heavy atom. The van der Waals surface area contributed by atoms with Crippen LogP contribution in [0.1, 0.15) is 80.7 Å². The molecule has 226 valence electrons. The van der Waals surface area contributed by atoms with E-state index in [9.17, 15) is 18.3 Å². The number of fused-ring (bicyclic) bond motifs is 1. The highest BCUT2D eigenvalue weighted by Crippen LogP contribution is 2.39. The third-order valence-corrected chi connectivity index (χ3v) is 9.34. The van der Waals surface area contributed by atoms with Gasteiger partial charge in [-0.3, -0.25) is 4.72 Å². The Hall–Kier alpha value is -4.06. The van der Waals surface area contributed by atoms with Crippen LogP contribution in [0.4, 0.5) is 17.1 Å². The first-order valence-corrected chi connectivity index (χ1v) is 16.5. The molecule has 0 bridgehead atoms. The number of aryl methyl sites for hydroxylation is 2. The van der Waals surface area contributed by atoms with Crippen molar-refractivity contribution in [1.82, 2.24) is 14.9 Å². The molecule has 12 heteroatoms. The van der Waals surface area contributed by atoms with E-state index < -0.39 is 16.0 Å². The molecule has 0 spiro atoms. The van der Waals surface area contributed by atoms with Crippen molar-refractivity contribution in [3.63, 3.8) is 0 Å². The number of unbranched alkanes of at least 4 members (excludes halogenated alkanes) is 1. The third-order valence-electron chi connectivity index (χ3n) is 7.97. The van der Waals surface area contributed by atoms with E-state index in [2.05, 4.69) is 47.6 Å². The van der Waals surface area contributed by atoms with Gasteiger partial charge in [0, 0.05) is 29.8 Å². The summed E-state index contributed by atoms with van der Waals surface area (Å²) in [7, 11) is -3.65. The summed E-state index contributed by atoms with van der Waals surface area (Å²) in [6, 6.07) is 8.63. The summed E-state index contributed by atoms with van der Waals surface area (Å²) in [6.45, 7) is 10.3. The lowest BCUT2D eigenvalue weighted by molar-refractivity contribution is 0.0697. The number of hydrogen-bond donors (Lipinski definition) is 2.